The van der Waals surface area contributed by atoms with E-state index in [4.69, 9.17) is 0 Å². The Hall–Kier alpha value is -1.68. The summed E-state index contributed by atoms with van der Waals surface area (Å²) in [5, 5.41) is 1.17. The van der Waals surface area contributed by atoms with Gasteiger partial charge in [-0.3, -0.25) is 0 Å². The minimum Gasteiger partial charge on any atom is -0.404 e. The number of hydrogen-bond donors (Lipinski definition) is 2. The molecule has 2 aromatic rings. The fourth-order valence-corrected chi connectivity index (χ4v) is 3.31. The monoisotopic (exact) mass is 242 g/mol. The molecule has 0 radical (unpaired) electrons. The second-order valence-corrected chi connectivity index (χ2v) is 6.36. The van der Waals surface area contributed by atoms with Crippen LogP contribution in [0.2, 0.25) is 0 Å². The molecule has 2 nitrogen and oxygen atoms in total. The SMILES string of the molecule is C=Cc1ccc([Si](O)(O)c2ccccc2)cc1. The number of benzene rings is 2. The largest absolute Gasteiger partial charge is 0.404 e. The molecule has 86 valence electrons. The first-order chi connectivity index (χ1) is 8.14. The highest BCUT2D eigenvalue weighted by atomic mass is 28.4. The predicted octanol–water partition coefficient (Wildman–Crippen LogP) is 0.871. The highest BCUT2D eigenvalue weighted by Crippen LogP contribution is 2.02. The third-order valence-electron chi connectivity index (χ3n) is 2.73. The van der Waals surface area contributed by atoms with Crippen molar-refractivity contribution in [2.45, 2.75) is 0 Å². The van der Waals surface area contributed by atoms with Crippen molar-refractivity contribution < 1.29 is 9.59 Å². The third kappa shape index (κ3) is 2.36. The summed E-state index contributed by atoms with van der Waals surface area (Å²) in [5.41, 5.74) is 0.964. The first-order valence-corrected chi connectivity index (χ1v) is 7.27. The van der Waals surface area contributed by atoms with Gasteiger partial charge in [0.15, 0.2) is 0 Å². The first kappa shape index (κ1) is 11.8. The summed E-state index contributed by atoms with van der Waals surface area (Å²) in [6, 6.07) is 16.1. The smallest absolute Gasteiger partial charge is 0.401 e. The quantitative estimate of drug-likeness (QED) is 0.784. The average Bonchev–Trinajstić information content (AvgIpc) is 2.40. The zero-order valence-electron chi connectivity index (χ0n) is 9.38. The molecule has 3 heteroatoms. The van der Waals surface area contributed by atoms with E-state index in [0.717, 1.165) is 5.56 Å². The van der Waals surface area contributed by atoms with Gasteiger partial charge >= 0.3 is 8.56 Å². The van der Waals surface area contributed by atoms with Crippen LogP contribution in [0.25, 0.3) is 6.08 Å². The molecular weight excluding hydrogens is 228 g/mol. The van der Waals surface area contributed by atoms with E-state index in [1.54, 1.807) is 30.3 Å². The maximum atomic E-state index is 10.3. The Kier molecular flexibility index (Phi) is 3.24. The Balaban J connectivity index is 2.40. The summed E-state index contributed by atoms with van der Waals surface area (Å²) in [5.74, 6) is 0. The summed E-state index contributed by atoms with van der Waals surface area (Å²) >= 11 is 0. The lowest BCUT2D eigenvalue weighted by Crippen LogP contribution is -2.59. The van der Waals surface area contributed by atoms with Gasteiger partial charge in [0.1, 0.15) is 0 Å². The second-order valence-electron chi connectivity index (χ2n) is 3.86. The molecule has 0 fully saturated rings. The van der Waals surface area contributed by atoms with E-state index in [9.17, 15) is 9.59 Å². The molecule has 0 saturated heterocycles. The van der Waals surface area contributed by atoms with Gasteiger partial charge in [-0.2, -0.15) is 0 Å². The van der Waals surface area contributed by atoms with Gasteiger partial charge in [-0.25, -0.2) is 0 Å². The lowest BCUT2D eigenvalue weighted by molar-refractivity contribution is 0.401. The fraction of sp³-hybridized carbons (Fsp3) is 0. The molecule has 2 rings (SSSR count). The van der Waals surface area contributed by atoms with Crippen LogP contribution in [0, 0.1) is 0 Å². The van der Waals surface area contributed by atoms with E-state index in [2.05, 4.69) is 6.58 Å². The standard InChI is InChI=1S/C14H14O2Si/c1-2-12-8-10-14(11-9-12)17(15,16)13-6-4-3-5-7-13/h2-11,15-16H,1H2. The van der Waals surface area contributed by atoms with Gasteiger partial charge in [0.05, 0.1) is 0 Å². The van der Waals surface area contributed by atoms with Gasteiger partial charge in [0.2, 0.25) is 0 Å². The van der Waals surface area contributed by atoms with Crippen molar-refractivity contribution in [1.82, 2.24) is 0 Å². The minimum absolute atomic E-state index is 0.578. The van der Waals surface area contributed by atoms with Crippen LogP contribution in [0.15, 0.2) is 61.2 Å². The fourth-order valence-electron chi connectivity index (χ4n) is 1.69. The molecule has 0 aliphatic heterocycles. The van der Waals surface area contributed by atoms with E-state index in [-0.39, 0.29) is 0 Å². The summed E-state index contributed by atoms with van der Waals surface area (Å²) in [4.78, 5) is 20.6. The van der Waals surface area contributed by atoms with E-state index >= 15 is 0 Å². The van der Waals surface area contributed by atoms with Gasteiger partial charge in [-0.1, -0.05) is 67.3 Å². The Morgan fingerprint density at radius 2 is 1.35 bits per heavy atom. The molecule has 0 saturated carbocycles. The second kappa shape index (κ2) is 4.67. The van der Waals surface area contributed by atoms with Gasteiger partial charge in [-0.15, -0.1) is 0 Å². The Morgan fingerprint density at radius 1 is 0.824 bits per heavy atom. The molecule has 0 aromatic heterocycles. The highest BCUT2D eigenvalue weighted by molar-refractivity contribution is 6.90. The van der Waals surface area contributed by atoms with Gasteiger partial charge in [0, 0.05) is 0 Å². The van der Waals surface area contributed by atoms with Crippen LogP contribution in [0.3, 0.4) is 0 Å². The maximum absolute atomic E-state index is 10.3. The van der Waals surface area contributed by atoms with Crippen LogP contribution in [-0.2, 0) is 0 Å². The van der Waals surface area contributed by atoms with Crippen molar-refractivity contribution in [3.05, 3.63) is 66.7 Å². The molecule has 2 aromatic carbocycles. The van der Waals surface area contributed by atoms with Crippen LogP contribution >= 0.6 is 0 Å². The summed E-state index contributed by atoms with van der Waals surface area (Å²) in [6.45, 7) is 3.67. The average molecular weight is 242 g/mol. The highest BCUT2D eigenvalue weighted by Gasteiger charge is 2.34. The van der Waals surface area contributed by atoms with Gasteiger partial charge in [-0.05, 0) is 15.9 Å². The van der Waals surface area contributed by atoms with Crippen molar-refractivity contribution in [2.24, 2.45) is 0 Å². The van der Waals surface area contributed by atoms with Crippen LogP contribution in [0.4, 0.5) is 0 Å². The molecule has 0 heterocycles. The predicted molar refractivity (Wildman–Crippen MR) is 72.4 cm³/mol. The van der Waals surface area contributed by atoms with Crippen molar-refractivity contribution in [2.75, 3.05) is 0 Å². The van der Waals surface area contributed by atoms with Crippen LogP contribution in [0.5, 0.6) is 0 Å². The third-order valence-corrected chi connectivity index (χ3v) is 5.00. The van der Waals surface area contributed by atoms with Crippen molar-refractivity contribution in [1.29, 1.82) is 0 Å². The van der Waals surface area contributed by atoms with Crippen molar-refractivity contribution in [3.63, 3.8) is 0 Å². The van der Waals surface area contributed by atoms with E-state index in [1.165, 1.54) is 0 Å². The lowest BCUT2D eigenvalue weighted by atomic mass is 10.2. The first-order valence-electron chi connectivity index (χ1n) is 5.38. The van der Waals surface area contributed by atoms with Crippen molar-refractivity contribution in [3.8, 4) is 0 Å². The molecule has 2 N–H and O–H groups in total. The topological polar surface area (TPSA) is 40.5 Å². The van der Waals surface area contributed by atoms with Gasteiger partial charge < -0.3 is 9.59 Å². The Bertz CT molecular complexity index is 504. The molecule has 0 aliphatic rings. The summed E-state index contributed by atoms with van der Waals surface area (Å²) in [7, 11) is -3.53. The number of rotatable bonds is 3. The van der Waals surface area contributed by atoms with E-state index in [1.807, 2.05) is 30.3 Å². The minimum atomic E-state index is -3.53. The Labute approximate surface area is 102 Å². The molecule has 0 unspecified atom stereocenters. The van der Waals surface area contributed by atoms with E-state index < -0.39 is 8.56 Å². The summed E-state index contributed by atoms with van der Waals surface area (Å²) < 4.78 is 0. The molecule has 0 atom stereocenters. The molecule has 0 bridgehead atoms. The molecule has 0 aliphatic carbocycles. The van der Waals surface area contributed by atoms with Crippen LogP contribution in [0.1, 0.15) is 5.56 Å². The number of hydrogen-bond acceptors (Lipinski definition) is 2. The maximum Gasteiger partial charge on any atom is 0.401 e. The summed E-state index contributed by atoms with van der Waals surface area (Å²) in [6.07, 6.45) is 1.73. The molecule has 17 heavy (non-hydrogen) atoms. The lowest BCUT2D eigenvalue weighted by Gasteiger charge is -2.18. The molecular formula is C14H14O2Si. The van der Waals surface area contributed by atoms with E-state index in [0.29, 0.717) is 10.4 Å². The zero-order chi connectivity index (χ0) is 12.3. The molecule has 0 spiro atoms. The zero-order valence-corrected chi connectivity index (χ0v) is 10.4. The normalized spacial score (nSPS) is 11.2. The van der Waals surface area contributed by atoms with Crippen LogP contribution in [-0.4, -0.2) is 18.2 Å². The Morgan fingerprint density at radius 3 is 1.88 bits per heavy atom. The van der Waals surface area contributed by atoms with Gasteiger partial charge in [0.25, 0.3) is 0 Å². The molecule has 0 amide bonds. The van der Waals surface area contributed by atoms with Crippen molar-refractivity contribution >= 4 is 25.0 Å². The van der Waals surface area contributed by atoms with Crippen LogP contribution < -0.4 is 10.4 Å².